The minimum atomic E-state index is 0.0163. The van der Waals surface area contributed by atoms with Crippen molar-refractivity contribution in [3.05, 3.63) is 29.3 Å². The van der Waals surface area contributed by atoms with Crippen molar-refractivity contribution in [3.63, 3.8) is 0 Å². The first-order valence-electron chi connectivity index (χ1n) is 7.11. The fourth-order valence-electron chi connectivity index (χ4n) is 3.43. The van der Waals surface area contributed by atoms with Gasteiger partial charge in [0.25, 0.3) is 0 Å². The SMILES string of the molecule is CC(=O)c1ccc(O[C@]23CCCN(CC2)C3)cc1C. The van der Waals surface area contributed by atoms with E-state index in [1.165, 1.54) is 13.0 Å². The Labute approximate surface area is 114 Å². The number of hydrogen-bond donors (Lipinski definition) is 0. The van der Waals surface area contributed by atoms with Crippen molar-refractivity contribution in [1.29, 1.82) is 0 Å². The molecule has 1 aromatic carbocycles. The second-order valence-corrected chi connectivity index (χ2v) is 5.95. The van der Waals surface area contributed by atoms with E-state index in [0.29, 0.717) is 0 Å². The van der Waals surface area contributed by atoms with Gasteiger partial charge in [-0.2, -0.15) is 0 Å². The van der Waals surface area contributed by atoms with Gasteiger partial charge in [-0.05, 0) is 57.0 Å². The highest BCUT2D eigenvalue weighted by Gasteiger charge is 2.42. The second-order valence-electron chi connectivity index (χ2n) is 5.95. The first kappa shape index (κ1) is 12.7. The van der Waals surface area contributed by atoms with Crippen LogP contribution in [0.5, 0.6) is 5.75 Å². The summed E-state index contributed by atoms with van der Waals surface area (Å²) in [5.74, 6) is 1.03. The summed E-state index contributed by atoms with van der Waals surface area (Å²) in [4.78, 5) is 13.9. The monoisotopic (exact) mass is 259 g/mol. The maximum absolute atomic E-state index is 11.4. The van der Waals surface area contributed by atoms with Crippen molar-refractivity contribution < 1.29 is 9.53 Å². The highest BCUT2D eigenvalue weighted by Crippen LogP contribution is 2.36. The maximum atomic E-state index is 11.4. The first-order valence-corrected chi connectivity index (χ1v) is 7.11. The Bertz CT molecular complexity index is 507. The van der Waals surface area contributed by atoms with Gasteiger partial charge < -0.3 is 4.74 Å². The molecule has 0 N–H and O–H groups in total. The molecule has 2 aliphatic rings. The quantitative estimate of drug-likeness (QED) is 0.782. The molecule has 2 fully saturated rings. The number of ketones is 1. The van der Waals surface area contributed by atoms with Crippen molar-refractivity contribution in [3.8, 4) is 5.75 Å². The summed E-state index contributed by atoms with van der Waals surface area (Å²) in [6.07, 6.45) is 3.50. The number of hydrogen-bond acceptors (Lipinski definition) is 3. The topological polar surface area (TPSA) is 29.5 Å². The molecule has 0 saturated carbocycles. The molecule has 3 rings (SSSR count). The Kier molecular flexibility index (Phi) is 3.09. The van der Waals surface area contributed by atoms with Gasteiger partial charge in [-0.25, -0.2) is 0 Å². The third kappa shape index (κ3) is 2.39. The van der Waals surface area contributed by atoms with E-state index in [0.717, 1.165) is 42.8 Å². The molecule has 3 heteroatoms. The lowest BCUT2D eigenvalue weighted by Crippen LogP contribution is -2.43. The summed E-state index contributed by atoms with van der Waals surface area (Å²) in [6, 6.07) is 5.83. The number of Topliss-reactive ketones (excluding diaryl/α,β-unsaturated/α-hetero) is 1. The van der Waals surface area contributed by atoms with Crippen LogP contribution in [0.4, 0.5) is 0 Å². The molecule has 2 atom stereocenters. The lowest BCUT2D eigenvalue weighted by Gasteiger charge is -2.34. The van der Waals surface area contributed by atoms with E-state index < -0.39 is 0 Å². The highest BCUT2D eigenvalue weighted by molar-refractivity contribution is 5.95. The van der Waals surface area contributed by atoms with Crippen molar-refractivity contribution in [2.75, 3.05) is 19.6 Å². The van der Waals surface area contributed by atoms with Crippen LogP contribution in [0.15, 0.2) is 18.2 Å². The van der Waals surface area contributed by atoms with Crippen LogP contribution >= 0.6 is 0 Å². The second kappa shape index (κ2) is 4.64. The number of fused-ring (bicyclic) bond motifs is 2. The number of aryl methyl sites for hydroxylation is 1. The number of ether oxygens (including phenoxy) is 1. The Morgan fingerprint density at radius 1 is 1.32 bits per heavy atom. The van der Waals surface area contributed by atoms with Crippen molar-refractivity contribution in [2.45, 2.75) is 38.7 Å². The lowest BCUT2D eigenvalue weighted by molar-refractivity contribution is 0.0452. The van der Waals surface area contributed by atoms with Crippen molar-refractivity contribution >= 4 is 5.78 Å². The zero-order valence-electron chi connectivity index (χ0n) is 11.7. The lowest BCUT2D eigenvalue weighted by atomic mass is 9.94. The molecule has 2 heterocycles. The zero-order chi connectivity index (χ0) is 13.5. The fraction of sp³-hybridized carbons (Fsp3) is 0.562. The third-order valence-corrected chi connectivity index (χ3v) is 4.41. The van der Waals surface area contributed by atoms with Crippen LogP contribution in [0.25, 0.3) is 0 Å². The van der Waals surface area contributed by atoms with E-state index in [9.17, 15) is 4.79 Å². The molecule has 0 radical (unpaired) electrons. The van der Waals surface area contributed by atoms with Crippen molar-refractivity contribution in [1.82, 2.24) is 4.90 Å². The number of rotatable bonds is 3. The first-order chi connectivity index (χ1) is 9.08. The van der Waals surface area contributed by atoms with E-state index in [1.807, 2.05) is 25.1 Å². The summed E-state index contributed by atoms with van der Waals surface area (Å²) in [7, 11) is 0. The number of nitrogens with zero attached hydrogens (tertiary/aromatic N) is 1. The molecule has 0 aliphatic carbocycles. The van der Waals surface area contributed by atoms with E-state index in [-0.39, 0.29) is 11.4 Å². The van der Waals surface area contributed by atoms with Crippen LogP contribution in [0.2, 0.25) is 0 Å². The molecule has 2 bridgehead atoms. The van der Waals surface area contributed by atoms with E-state index >= 15 is 0 Å². The Hall–Kier alpha value is -1.35. The fourth-order valence-corrected chi connectivity index (χ4v) is 3.43. The predicted octanol–water partition coefficient (Wildman–Crippen LogP) is 2.81. The van der Waals surface area contributed by atoms with Gasteiger partial charge in [0.15, 0.2) is 5.78 Å². The molecule has 1 aromatic rings. The number of carbonyl (C=O) groups is 1. The molecule has 1 unspecified atom stereocenters. The van der Waals surface area contributed by atoms with Crippen LogP contribution in [0.1, 0.15) is 42.1 Å². The summed E-state index contributed by atoms with van der Waals surface area (Å²) in [5.41, 5.74) is 1.82. The largest absolute Gasteiger partial charge is 0.486 e. The van der Waals surface area contributed by atoms with E-state index in [1.54, 1.807) is 6.92 Å². The maximum Gasteiger partial charge on any atom is 0.160 e. The smallest absolute Gasteiger partial charge is 0.160 e. The number of benzene rings is 1. The van der Waals surface area contributed by atoms with Crippen molar-refractivity contribution in [2.24, 2.45) is 0 Å². The van der Waals surface area contributed by atoms with Crippen LogP contribution in [0.3, 0.4) is 0 Å². The van der Waals surface area contributed by atoms with Gasteiger partial charge in [-0.15, -0.1) is 0 Å². The number of carbonyl (C=O) groups excluding carboxylic acids is 1. The van der Waals surface area contributed by atoms with Gasteiger partial charge >= 0.3 is 0 Å². The van der Waals surface area contributed by atoms with E-state index in [4.69, 9.17) is 4.74 Å². The van der Waals surface area contributed by atoms with Crippen LogP contribution in [-0.4, -0.2) is 35.9 Å². The molecule has 0 aromatic heterocycles. The van der Waals surface area contributed by atoms with Gasteiger partial charge in [0.1, 0.15) is 11.4 Å². The molecular formula is C16H21NO2. The third-order valence-electron chi connectivity index (χ3n) is 4.41. The van der Waals surface area contributed by atoms with Gasteiger partial charge in [0.05, 0.1) is 0 Å². The predicted molar refractivity (Wildman–Crippen MR) is 74.8 cm³/mol. The molecule has 3 nitrogen and oxygen atoms in total. The average molecular weight is 259 g/mol. The molecular weight excluding hydrogens is 238 g/mol. The van der Waals surface area contributed by atoms with Crippen LogP contribution < -0.4 is 4.74 Å². The molecule has 2 saturated heterocycles. The van der Waals surface area contributed by atoms with Gasteiger partial charge in [0, 0.05) is 25.1 Å². The van der Waals surface area contributed by atoms with E-state index in [2.05, 4.69) is 4.90 Å². The highest BCUT2D eigenvalue weighted by atomic mass is 16.5. The normalized spacial score (nSPS) is 29.3. The zero-order valence-corrected chi connectivity index (χ0v) is 11.7. The minimum absolute atomic E-state index is 0.0163. The molecule has 0 amide bonds. The minimum Gasteiger partial charge on any atom is -0.486 e. The van der Waals surface area contributed by atoms with Crippen LogP contribution in [0, 0.1) is 6.92 Å². The van der Waals surface area contributed by atoms with Crippen LogP contribution in [-0.2, 0) is 0 Å². The molecule has 19 heavy (non-hydrogen) atoms. The average Bonchev–Trinajstić information content (AvgIpc) is 2.64. The molecule has 2 aliphatic heterocycles. The van der Waals surface area contributed by atoms with Gasteiger partial charge in [-0.1, -0.05) is 0 Å². The number of piperidine rings is 1. The summed E-state index contributed by atoms with van der Waals surface area (Å²) < 4.78 is 6.30. The molecule has 0 spiro atoms. The molecule has 102 valence electrons. The Balaban J connectivity index is 1.80. The summed E-state index contributed by atoms with van der Waals surface area (Å²) in [5, 5.41) is 0. The standard InChI is InChI=1S/C16H21NO2/c1-12-10-14(4-5-15(12)13(2)18)19-16-6-3-8-17(11-16)9-7-16/h4-5,10H,3,6-9,11H2,1-2H3/t16-/m1/s1. The van der Waals surface area contributed by atoms with Gasteiger partial charge in [-0.3, -0.25) is 9.69 Å². The summed E-state index contributed by atoms with van der Waals surface area (Å²) in [6.45, 7) is 7.01. The summed E-state index contributed by atoms with van der Waals surface area (Å²) >= 11 is 0. The Morgan fingerprint density at radius 2 is 2.16 bits per heavy atom. The Morgan fingerprint density at radius 3 is 2.89 bits per heavy atom. The van der Waals surface area contributed by atoms with Gasteiger partial charge in [0.2, 0.25) is 0 Å².